The Morgan fingerprint density at radius 3 is 2.89 bits per heavy atom. The van der Waals surface area contributed by atoms with Gasteiger partial charge in [-0.25, -0.2) is 0 Å². The van der Waals surface area contributed by atoms with Crippen LogP contribution in [0, 0.1) is 0 Å². The summed E-state index contributed by atoms with van der Waals surface area (Å²) >= 11 is 0. The quantitative estimate of drug-likeness (QED) is 0.838. The highest BCUT2D eigenvalue weighted by atomic mass is 15.3. The van der Waals surface area contributed by atoms with Crippen molar-refractivity contribution >= 4 is 0 Å². The number of hydrogen-bond acceptors (Lipinski definition) is 2. The van der Waals surface area contributed by atoms with Crippen molar-refractivity contribution in [1.29, 1.82) is 0 Å². The molecule has 1 unspecified atom stereocenters. The molecule has 1 N–H and O–H groups in total. The molecule has 1 atom stereocenters. The van der Waals surface area contributed by atoms with Gasteiger partial charge in [0.1, 0.15) is 0 Å². The molecule has 0 aromatic carbocycles. The summed E-state index contributed by atoms with van der Waals surface area (Å²) in [6.45, 7) is 5.47. The zero-order chi connectivity index (χ0) is 12.8. The Bertz CT molecular complexity index is 339. The Labute approximate surface area is 111 Å². The molecule has 0 spiro atoms. The SMILES string of the molecule is CCNC(C)CCc1ccn(C2CCCCC2)n1. The van der Waals surface area contributed by atoms with Gasteiger partial charge in [-0.05, 0) is 45.2 Å². The van der Waals surface area contributed by atoms with Gasteiger partial charge in [-0.15, -0.1) is 0 Å². The molecule has 18 heavy (non-hydrogen) atoms. The summed E-state index contributed by atoms with van der Waals surface area (Å²) < 4.78 is 2.21. The number of nitrogens with one attached hydrogen (secondary N) is 1. The first-order chi connectivity index (χ1) is 8.79. The lowest BCUT2D eigenvalue weighted by atomic mass is 9.96. The summed E-state index contributed by atoms with van der Waals surface area (Å²) in [4.78, 5) is 0. The van der Waals surface area contributed by atoms with E-state index in [4.69, 9.17) is 5.10 Å². The maximum atomic E-state index is 4.75. The Balaban J connectivity index is 1.82. The molecule has 1 aromatic heterocycles. The number of aromatic nitrogens is 2. The predicted molar refractivity (Wildman–Crippen MR) is 75.8 cm³/mol. The summed E-state index contributed by atoms with van der Waals surface area (Å²) in [5.41, 5.74) is 1.25. The van der Waals surface area contributed by atoms with Crippen LogP contribution in [0.2, 0.25) is 0 Å². The summed E-state index contributed by atoms with van der Waals surface area (Å²) in [7, 11) is 0. The minimum absolute atomic E-state index is 0.592. The maximum Gasteiger partial charge on any atom is 0.0625 e. The first-order valence-electron chi connectivity index (χ1n) is 7.57. The Morgan fingerprint density at radius 1 is 1.39 bits per heavy atom. The molecule has 0 bridgehead atoms. The normalized spacial score (nSPS) is 19.0. The standard InChI is InChI=1S/C15H27N3/c1-3-16-13(2)9-10-14-11-12-18(17-14)15-7-5-4-6-8-15/h11-13,15-16H,3-10H2,1-2H3. The number of hydrogen-bond donors (Lipinski definition) is 1. The molecule has 0 saturated heterocycles. The molecule has 3 nitrogen and oxygen atoms in total. The van der Waals surface area contributed by atoms with E-state index < -0.39 is 0 Å². The fourth-order valence-corrected chi connectivity index (χ4v) is 2.87. The van der Waals surface area contributed by atoms with Gasteiger partial charge in [-0.3, -0.25) is 4.68 Å². The van der Waals surface area contributed by atoms with Gasteiger partial charge in [0, 0.05) is 12.2 Å². The van der Waals surface area contributed by atoms with Crippen LogP contribution in [0.1, 0.15) is 64.1 Å². The molecule has 0 aliphatic heterocycles. The highest BCUT2D eigenvalue weighted by molar-refractivity contribution is 5.00. The van der Waals surface area contributed by atoms with Crippen LogP contribution in [0.15, 0.2) is 12.3 Å². The molecular weight excluding hydrogens is 222 g/mol. The van der Waals surface area contributed by atoms with Crippen LogP contribution in [0.25, 0.3) is 0 Å². The number of rotatable bonds is 6. The van der Waals surface area contributed by atoms with E-state index in [9.17, 15) is 0 Å². The summed E-state index contributed by atoms with van der Waals surface area (Å²) in [5.74, 6) is 0. The van der Waals surface area contributed by atoms with Gasteiger partial charge >= 0.3 is 0 Å². The minimum atomic E-state index is 0.592. The number of nitrogens with zero attached hydrogens (tertiary/aromatic N) is 2. The van der Waals surface area contributed by atoms with Crippen LogP contribution in [-0.4, -0.2) is 22.4 Å². The van der Waals surface area contributed by atoms with Crippen LogP contribution < -0.4 is 5.32 Å². The highest BCUT2D eigenvalue weighted by Crippen LogP contribution is 2.27. The van der Waals surface area contributed by atoms with Crippen molar-refractivity contribution in [3.05, 3.63) is 18.0 Å². The van der Waals surface area contributed by atoms with Gasteiger partial charge < -0.3 is 5.32 Å². The van der Waals surface area contributed by atoms with Gasteiger partial charge in [0.25, 0.3) is 0 Å². The monoisotopic (exact) mass is 249 g/mol. The first-order valence-corrected chi connectivity index (χ1v) is 7.57. The maximum absolute atomic E-state index is 4.75. The molecule has 1 heterocycles. The Morgan fingerprint density at radius 2 is 2.17 bits per heavy atom. The second kappa shape index (κ2) is 6.93. The largest absolute Gasteiger partial charge is 0.315 e. The second-order valence-electron chi connectivity index (χ2n) is 5.58. The van der Waals surface area contributed by atoms with E-state index in [-0.39, 0.29) is 0 Å². The zero-order valence-electron chi connectivity index (χ0n) is 11.9. The molecule has 0 amide bonds. The van der Waals surface area contributed by atoms with Crippen molar-refractivity contribution in [2.24, 2.45) is 0 Å². The van der Waals surface area contributed by atoms with E-state index in [1.54, 1.807) is 0 Å². The first kappa shape index (κ1) is 13.6. The van der Waals surface area contributed by atoms with E-state index in [0.29, 0.717) is 12.1 Å². The Hall–Kier alpha value is -0.830. The van der Waals surface area contributed by atoms with Gasteiger partial charge in [0.15, 0.2) is 0 Å². The lowest BCUT2D eigenvalue weighted by molar-refractivity contribution is 0.328. The van der Waals surface area contributed by atoms with E-state index in [1.165, 1.54) is 44.2 Å². The topological polar surface area (TPSA) is 29.9 Å². The van der Waals surface area contributed by atoms with Crippen molar-refractivity contribution in [3.63, 3.8) is 0 Å². The van der Waals surface area contributed by atoms with Crippen molar-refractivity contribution in [3.8, 4) is 0 Å². The fraction of sp³-hybridized carbons (Fsp3) is 0.800. The van der Waals surface area contributed by atoms with Gasteiger partial charge in [-0.1, -0.05) is 26.2 Å². The average molecular weight is 249 g/mol. The molecule has 2 rings (SSSR count). The van der Waals surface area contributed by atoms with Gasteiger partial charge in [0.05, 0.1) is 11.7 Å². The van der Waals surface area contributed by atoms with Crippen molar-refractivity contribution in [1.82, 2.24) is 15.1 Å². The van der Waals surface area contributed by atoms with Crippen molar-refractivity contribution in [2.45, 2.75) is 70.9 Å². The second-order valence-corrected chi connectivity index (χ2v) is 5.58. The lowest BCUT2D eigenvalue weighted by Crippen LogP contribution is -2.26. The molecular formula is C15H27N3. The third-order valence-electron chi connectivity index (χ3n) is 4.00. The molecule has 102 valence electrons. The third-order valence-corrected chi connectivity index (χ3v) is 4.00. The van der Waals surface area contributed by atoms with Crippen molar-refractivity contribution < 1.29 is 0 Å². The molecule has 1 saturated carbocycles. The van der Waals surface area contributed by atoms with Crippen molar-refractivity contribution in [2.75, 3.05) is 6.54 Å². The summed E-state index contributed by atoms with van der Waals surface area (Å²) in [6, 6.07) is 3.46. The minimum Gasteiger partial charge on any atom is -0.315 e. The lowest BCUT2D eigenvalue weighted by Gasteiger charge is -2.21. The van der Waals surface area contributed by atoms with E-state index >= 15 is 0 Å². The van der Waals surface area contributed by atoms with Crippen LogP contribution in [-0.2, 0) is 6.42 Å². The smallest absolute Gasteiger partial charge is 0.0625 e. The Kier molecular flexibility index (Phi) is 5.24. The van der Waals surface area contributed by atoms with Gasteiger partial charge in [0.2, 0.25) is 0 Å². The summed E-state index contributed by atoms with van der Waals surface area (Å²) in [5, 5.41) is 8.21. The number of aryl methyl sites for hydroxylation is 1. The van der Waals surface area contributed by atoms with E-state index in [0.717, 1.165) is 13.0 Å². The van der Waals surface area contributed by atoms with Gasteiger partial charge in [-0.2, -0.15) is 5.10 Å². The zero-order valence-corrected chi connectivity index (χ0v) is 11.9. The molecule has 1 aliphatic rings. The third kappa shape index (κ3) is 3.84. The molecule has 1 fully saturated rings. The summed E-state index contributed by atoms with van der Waals surface area (Å²) in [6.07, 6.45) is 11.2. The molecule has 1 aromatic rings. The highest BCUT2D eigenvalue weighted by Gasteiger charge is 2.15. The average Bonchev–Trinajstić information content (AvgIpc) is 2.87. The van der Waals surface area contributed by atoms with Crippen LogP contribution in [0.3, 0.4) is 0 Å². The fourth-order valence-electron chi connectivity index (χ4n) is 2.87. The molecule has 1 aliphatic carbocycles. The van der Waals surface area contributed by atoms with Crippen LogP contribution in [0.5, 0.6) is 0 Å². The molecule has 3 heteroatoms. The van der Waals surface area contributed by atoms with Crippen LogP contribution >= 0.6 is 0 Å². The van der Waals surface area contributed by atoms with E-state index in [2.05, 4.69) is 36.1 Å². The predicted octanol–water partition coefficient (Wildman–Crippen LogP) is 3.32. The van der Waals surface area contributed by atoms with Crippen LogP contribution in [0.4, 0.5) is 0 Å². The molecule has 0 radical (unpaired) electrons. The van der Waals surface area contributed by atoms with E-state index in [1.807, 2.05) is 0 Å².